The average molecular weight is 337 g/mol. The average Bonchev–Trinajstić information content (AvgIpc) is 2.64. The van der Waals surface area contributed by atoms with Crippen LogP contribution in [0.3, 0.4) is 0 Å². The molecule has 0 saturated heterocycles. The van der Waals surface area contributed by atoms with E-state index < -0.39 is 0 Å². The molecule has 0 fully saturated rings. The highest BCUT2D eigenvalue weighted by Crippen LogP contribution is 2.23. The number of carbonyl (C=O) groups is 1. The summed E-state index contributed by atoms with van der Waals surface area (Å²) in [5, 5.41) is 3.32. The van der Waals surface area contributed by atoms with Gasteiger partial charge in [0.05, 0.1) is 7.11 Å². The van der Waals surface area contributed by atoms with Crippen LogP contribution < -0.4 is 14.8 Å². The van der Waals surface area contributed by atoms with Crippen LogP contribution in [0.5, 0.6) is 11.5 Å². The molecule has 0 radical (unpaired) electrons. The Balaban J connectivity index is 1.92. The summed E-state index contributed by atoms with van der Waals surface area (Å²) in [7, 11) is 2.29. The Morgan fingerprint density at radius 3 is 2.52 bits per heavy atom. The van der Waals surface area contributed by atoms with Crippen LogP contribution in [-0.2, 0) is 17.9 Å². The molecule has 0 aliphatic carbocycles. The monoisotopic (exact) mass is 337 g/mol. The Bertz CT molecular complexity index is 716. The van der Waals surface area contributed by atoms with Crippen molar-refractivity contribution < 1.29 is 14.3 Å². The lowest BCUT2D eigenvalue weighted by Gasteiger charge is -2.12. The first kappa shape index (κ1) is 18.8. The minimum atomic E-state index is 0.0415. The molecule has 0 spiro atoms. The first-order chi connectivity index (χ1) is 12.1. The maximum Gasteiger partial charge on any atom is 0.177 e. The van der Waals surface area contributed by atoms with Crippen LogP contribution >= 0.6 is 0 Å². The molecule has 0 aromatic heterocycles. The Morgan fingerprint density at radius 1 is 1.12 bits per heavy atom. The molecule has 1 N–H and O–H groups in total. The SMILES string of the molecule is C=C(BCNCc1cc(OC)cc(OCc2ccccc2)c1)C(C)=O. The van der Waals surface area contributed by atoms with E-state index in [1.165, 1.54) is 0 Å². The normalized spacial score (nSPS) is 10.2. The number of methoxy groups -OCH3 is 1. The van der Waals surface area contributed by atoms with Crippen molar-refractivity contribution in [2.45, 2.75) is 20.1 Å². The van der Waals surface area contributed by atoms with Crippen molar-refractivity contribution in [1.82, 2.24) is 5.32 Å². The van der Waals surface area contributed by atoms with E-state index in [1.54, 1.807) is 14.0 Å². The second kappa shape index (κ2) is 9.69. The number of hydrogen-bond acceptors (Lipinski definition) is 4. The standard InChI is InChI=1S/C20H24BNO3/c1-15(16(2)23)21-14-22-12-18-9-19(24-3)11-20(10-18)25-13-17-7-5-4-6-8-17/h4-11,21-22H,1,12-14H2,2-3H3. The van der Waals surface area contributed by atoms with Crippen molar-refractivity contribution >= 4 is 13.1 Å². The van der Waals surface area contributed by atoms with E-state index >= 15 is 0 Å². The van der Waals surface area contributed by atoms with E-state index in [0.29, 0.717) is 32.3 Å². The smallest absolute Gasteiger partial charge is 0.177 e. The zero-order valence-corrected chi connectivity index (χ0v) is 14.9. The fourth-order valence-corrected chi connectivity index (χ4v) is 2.32. The molecule has 0 amide bonds. The molecule has 25 heavy (non-hydrogen) atoms. The summed E-state index contributed by atoms with van der Waals surface area (Å²) in [6, 6.07) is 15.9. The van der Waals surface area contributed by atoms with E-state index in [9.17, 15) is 4.79 Å². The highest BCUT2D eigenvalue weighted by atomic mass is 16.5. The van der Waals surface area contributed by atoms with Gasteiger partial charge in [-0.15, -0.1) is 6.58 Å². The minimum Gasteiger partial charge on any atom is -0.497 e. The third-order valence-electron chi connectivity index (χ3n) is 3.85. The van der Waals surface area contributed by atoms with E-state index in [1.807, 2.05) is 48.5 Å². The first-order valence-corrected chi connectivity index (χ1v) is 8.32. The molecule has 5 heteroatoms. The van der Waals surface area contributed by atoms with Crippen LogP contribution in [0, 0.1) is 0 Å². The van der Waals surface area contributed by atoms with Crippen LogP contribution in [0.4, 0.5) is 0 Å². The highest BCUT2D eigenvalue weighted by molar-refractivity contribution is 6.53. The second-order valence-corrected chi connectivity index (χ2v) is 5.88. The largest absolute Gasteiger partial charge is 0.497 e. The lowest BCUT2D eigenvalue weighted by molar-refractivity contribution is -0.113. The molecule has 0 aliphatic heterocycles. The van der Waals surface area contributed by atoms with E-state index in [4.69, 9.17) is 9.47 Å². The van der Waals surface area contributed by atoms with Gasteiger partial charge in [0, 0.05) is 12.6 Å². The Morgan fingerprint density at radius 2 is 1.84 bits per heavy atom. The van der Waals surface area contributed by atoms with E-state index in [-0.39, 0.29) is 5.78 Å². The van der Waals surface area contributed by atoms with Gasteiger partial charge >= 0.3 is 0 Å². The molecule has 4 nitrogen and oxygen atoms in total. The molecule has 0 aliphatic rings. The lowest BCUT2D eigenvalue weighted by Crippen LogP contribution is -2.23. The number of nitrogens with one attached hydrogen (secondary N) is 1. The molecule has 0 bridgehead atoms. The van der Waals surface area contributed by atoms with Crippen molar-refractivity contribution in [3.05, 3.63) is 71.7 Å². The van der Waals surface area contributed by atoms with Crippen LogP contribution in [0.2, 0.25) is 0 Å². The highest BCUT2D eigenvalue weighted by Gasteiger charge is 2.05. The number of ketones is 1. The van der Waals surface area contributed by atoms with Gasteiger partial charge in [-0.3, -0.25) is 4.79 Å². The van der Waals surface area contributed by atoms with Gasteiger partial charge < -0.3 is 14.8 Å². The molecular formula is C20H24BNO3. The summed E-state index contributed by atoms with van der Waals surface area (Å²) < 4.78 is 11.2. The van der Waals surface area contributed by atoms with Crippen LogP contribution in [0.15, 0.2) is 60.6 Å². The van der Waals surface area contributed by atoms with Gasteiger partial charge in [-0.05, 0) is 42.1 Å². The minimum absolute atomic E-state index is 0.0415. The molecular weight excluding hydrogens is 313 g/mol. The molecule has 0 unspecified atom stereocenters. The summed E-state index contributed by atoms with van der Waals surface area (Å²) >= 11 is 0. The third-order valence-corrected chi connectivity index (χ3v) is 3.85. The van der Waals surface area contributed by atoms with Crippen LogP contribution in [0.25, 0.3) is 0 Å². The van der Waals surface area contributed by atoms with Crippen molar-refractivity contribution in [1.29, 1.82) is 0 Å². The van der Waals surface area contributed by atoms with Gasteiger partial charge in [-0.2, -0.15) is 0 Å². The molecule has 130 valence electrons. The van der Waals surface area contributed by atoms with Crippen molar-refractivity contribution in [3.8, 4) is 11.5 Å². The summed E-state index contributed by atoms with van der Waals surface area (Å²) in [6.07, 6.45) is 0.704. The fraction of sp³-hybridized carbons (Fsp3) is 0.250. The van der Waals surface area contributed by atoms with Gasteiger partial charge in [0.25, 0.3) is 0 Å². The number of benzene rings is 2. The predicted molar refractivity (Wildman–Crippen MR) is 102 cm³/mol. The number of carbonyl (C=O) groups excluding carboxylic acids is 1. The van der Waals surface area contributed by atoms with Crippen molar-refractivity contribution in [2.75, 3.05) is 13.6 Å². The zero-order chi connectivity index (χ0) is 18.1. The molecule has 0 saturated carbocycles. The van der Waals surface area contributed by atoms with Crippen molar-refractivity contribution in [3.63, 3.8) is 0 Å². The molecule has 2 rings (SSSR count). The quantitative estimate of drug-likeness (QED) is 0.411. The van der Waals surface area contributed by atoms with Gasteiger partial charge in [-0.25, -0.2) is 0 Å². The first-order valence-electron chi connectivity index (χ1n) is 8.32. The number of allylic oxidation sites excluding steroid dienone is 1. The zero-order valence-electron chi connectivity index (χ0n) is 14.9. The van der Waals surface area contributed by atoms with Crippen molar-refractivity contribution in [2.24, 2.45) is 0 Å². The van der Waals surface area contributed by atoms with Gasteiger partial charge in [0.15, 0.2) is 7.28 Å². The molecule has 0 atom stereocenters. The number of rotatable bonds is 10. The predicted octanol–water partition coefficient (Wildman–Crippen LogP) is 2.86. The third kappa shape index (κ3) is 6.47. The van der Waals surface area contributed by atoms with Crippen LogP contribution in [-0.4, -0.2) is 26.6 Å². The Hall–Kier alpha value is -2.53. The Kier molecular flexibility index (Phi) is 7.29. The second-order valence-electron chi connectivity index (χ2n) is 5.88. The summed E-state index contributed by atoms with van der Waals surface area (Å²) in [5.74, 6) is 1.57. The lowest BCUT2D eigenvalue weighted by atomic mass is 9.69. The fourth-order valence-electron chi connectivity index (χ4n) is 2.32. The molecule has 2 aromatic rings. The van der Waals surface area contributed by atoms with Gasteiger partial charge in [-0.1, -0.05) is 30.3 Å². The number of ether oxygens (including phenoxy) is 2. The number of Topliss-reactive ketones (excluding diaryl/α,β-unsaturated/α-hetero) is 1. The maximum atomic E-state index is 11.2. The van der Waals surface area contributed by atoms with Crippen LogP contribution in [0.1, 0.15) is 18.1 Å². The van der Waals surface area contributed by atoms with Gasteiger partial charge in [0.2, 0.25) is 0 Å². The number of hydrogen-bond donors (Lipinski definition) is 1. The topological polar surface area (TPSA) is 47.6 Å². The molecule has 0 heterocycles. The summed E-state index contributed by atoms with van der Waals surface area (Å²) in [4.78, 5) is 11.2. The maximum absolute atomic E-state index is 11.2. The van der Waals surface area contributed by atoms with E-state index in [2.05, 4.69) is 11.9 Å². The summed E-state index contributed by atoms with van der Waals surface area (Å²) in [5.41, 5.74) is 2.83. The van der Waals surface area contributed by atoms with Gasteiger partial charge in [0.1, 0.15) is 23.9 Å². The summed E-state index contributed by atoms with van der Waals surface area (Å²) in [6.45, 7) is 6.49. The Labute approximate surface area is 150 Å². The molecule has 2 aromatic carbocycles. The van der Waals surface area contributed by atoms with E-state index in [0.717, 1.165) is 22.6 Å².